The van der Waals surface area contributed by atoms with Gasteiger partial charge in [0.2, 0.25) is 6.10 Å². The number of esters is 1. The lowest BCUT2D eigenvalue weighted by Gasteiger charge is -2.19. The van der Waals surface area contributed by atoms with E-state index >= 15 is 0 Å². The first-order valence-corrected chi connectivity index (χ1v) is 7.72. The molecule has 0 saturated heterocycles. The van der Waals surface area contributed by atoms with Crippen LogP contribution in [0.3, 0.4) is 0 Å². The van der Waals surface area contributed by atoms with Crippen LogP contribution in [0, 0.1) is 5.82 Å². The Hall–Kier alpha value is -1.59. The van der Waals surface area contributed by atoms with Crippen LogP contribution in [-0.2, 0) is 9.53 Å². The van der Waals surface area contributed by atoms with E-state index in [1.807, 2.05) is 0 Å². The molecule has 1 atom stereocenters. The van der Waals surface area contributed by atoms with E-state index in [4.69, 9.17) is 21.1 Å². The van der Waals surface area contributed by atoms with Gasteiger partial charge in [0.15, 0.2) is 0 Å². The average molecular weight is 388 g/mol. The zero-order valence-electron chi connectivity index (χ0n) is 11.7. The van der Waals surface area contributed by atoms with Crippen molar-refractivity contribution in [2.24, 2.45) is 0 Å². The third-order valence-electron chi connectivity index (χ3n) is 2.83. The van der Waals surface area contributed by atoms with Gasteiger partial charge in [-0.15, -0.1) is 0 Å². The summed E-state index contributed by atoms with van der Waals surface area (Å²) in [5.74, 6) is -0.882. The second-order valence-corrected chi connectivity index (χ2v) is 5.64. The van der Waals surface area contributed by atoms with E-state index in [1.165, 1.54) is 12.1 Å². The normalized spacial score (nSPS) is 11.8. The highest BCUT2D eigenvalue weighted by atomic mass is 79.9. The Morgan fingerprint density at radius 3 is 2.68 bits per heavy atom. The SMILES string of the molecule is CCOC(=O)C(Oc1ccccc1Br)c1ccc(Cl)cc1F. The number of carbonyl (C=O) groups is 1. The van der Waals surface area contributed by atoms with Crippen molar-refractivity contribution in [3.8, 4) is 5.75 Å². The van der Waals surface area contributed by atoms with Crippen molar-refractivity contribution in [3.05, 3.63) is 63.3 Å². The molecule has 22 heavy (non-hydrogen) atoms. The van der Waals surface area contributed by atoms with Gasteiger partial charge in [-0.2, -0.15) is 0 Å². The van der Waals surface area contributed by atoms with E-state index in [2.05, 4.69) is 15.9 Å². The van der Waals surface area contributed by atoms with Crippen molar-refractivity contribution < 1.29 is 18.7 Å². The quantitative estimate of drug-likeness (QED) is 0.683. The Labute approximate surface area is 141 Å². The van der Waals surface area contributed by atoms with Crippen LogP contribution in [-0.4, -0.2) is 12.6 Å². The van der Waals surface area contributed by atoms with Crippen LogP contribution in [0.15, 0.2) is 46.9 Å². The number of halogens is 3. The van der Waals surface area contributed by atoms with E-state index in [0.717, 1.165) is 6.07 Å². The van der Waals surface area contributed by atoms with Crippen molar-refractivity contribution in [2.75, 3.05) is 6.61 Å². The predicted octanol–water partition coefficient (Wildman–Crippen LogP) is 4.92. The lowest BCUT2D eigenvalue weighted by Crippen LogP contribution is -2.22. The van der Waals surface area contributed by atoms with Crippen molar-refractivity contribution in [2.45, 2.75) is 13.0 Å². The molecular formula is C16H13BrClFO3. The molecule has 116 valence electrons. The number of benzene rings is 2. The number of ether oxygens (including phenoxy) is 2. The van der Waals surface area contributed by atoms with Crippen molar-refractivity contribution in [3.63, 3.8) is 0 Å². The Morgan fingerprint density at radius 1 is 1.32 bits per heavy atom. The topological polar surface area (TPSA) is 35.5 Å². The highest BCUT2D eigenvalue weighted by Crippen LogP contribution is 2.31. The molecule has 3 nitrogen and oxygen atoms in total. The summed E-state index contributed by atoms with van der Waals surface area (Å²) < 4.78 is 25.4. The molecule has 0 aromatic heterocycles. The van der Waals surface area contributed by atoms with Crippen molar-refractivity contribution in [1.29, 1.82) is 0 Å². The number of carbonyl (C=O) groups excluding carboxylic acids is 1. The molecule has 0 aliphatic carbocycles. The Morgan fingerprint density at radius 2 is 2.05 bits per heavy atom. The lowest BCUT2D eigenvalue weighted by molar-refractivity contribution is -0.152. The van der Waals surface area contributed by atoms with Gasteiger partial charge in [0.05, 0.1) is 11.1 Å². The van der Waals surface area contributed by atoms with Crippen LogP contribution in [0.2, 0.25) is 5.02 Å². The minimum atomic E-state index is -1.21. The fourth-order valence-corrected chi connectivity index (χ4v) is 2.37. The molecule has 0 bridgehead atoms. The zero-order chi connectivity index (χ0) is 16.1. The van der Waals surface area contributed by atoms with Crippen LogP contribution < -0.4 is 4.74 Å². The van der Waals surface area contributed by atoms with E-state index in [-0.39, 0.29) is 17.2 Å². The molecule has 2 aromatic carbocycles. The van der Waals surface area contributed by atoms with Gasteiger partial charge < -0.3 is 9.47 Å². The molecule has 0 aliphatic rings. The third kappa shape index (κ3) is 3.99. The molecule has 0 saturated carbocycles. The summed E-state index contributed by atoms with van der Waals surface area (Å²) in [4.78, 5) is 12.1. The van der Waals surface area contributed by atoms with Crippen LogP contribution in [0.4, 0.5) is 4.39 Å². The molecule has 0 radical (unpaired) electrons. The molecule has 0 amide bonds. The molecule has 0 spiro atoms. The zero-order valence-corrected chi connectivity index (χ0v) is 14.0. The standard InChI is InChI=1S/C16H13BrClFO3/c1-2-21-16(20)15(11-8-7-10(18)9-13(11)19)22-14-6-4-3-5-12(14)17/h3-9,15H,2H2,1H3. The number of hydrogen-bond donors (Lipinski definition) is 0. The molecule has 6 heteroatoms. The monoisotopic (exact) mass is 386 g/mol. The highest BCUT2D eigenvalue weighted by Gasteiger charge is 2.28. The summed E-state index contributed by atoms with van der Waals surface area (Å²) in [6.45, 7) is 1.84. The maximum atomic E-state index is 14.1. The molecule has 0 fully saturated rings. The first-order valence-electron chi connectivity index (χ1n) is 6.55. The van der Waals surface area contributed by atoms with E-state index in [1.54, 1.807) is 31.2 Å². The van der Waals surface area contributed by atoms with Crippen LogP contribution in [0.25, 0.3) is 0 Å². The lowest BCUT2D eigenvalue weighted by atomic mass is 10.1. The summed E-state index contributed by atoms with van der Waals surface area (Å²) in [6.07, 6.45) is -1.21. The second-order valence-electron chi connectivity index (χ2n) is 4.35. The van der Waals surface area contributed by atoms with Crippen molar-refractivity contribution in [1.82, 2.24) is 0 Å². The van der Waals surface area contributed by atoms with Gasteiger partial charge in [0.1, 0.15) is 11.6 Å². The second kappa shape index (κ2) is 7.61. The summed E-state index contributed by atoms with van der Waals surface area (Å²) in [7, 11) is 0. The maximum Gasteiger partial charge on any atom is 0.352 e. The third-order valence-corrected chi connectivity index (χ3v) is 3.72. The average Bonchev–Trinajstić information content (AvgIpc) is 2.47. The summed E-state index contributed by atoms with van der Waals surface area (Å²) >= 11 is 9.07. The molecule has 2 rings (SSSR count). The number of rotatable bonds is 5. The smallest absolute Gasteiger partial charge is 0.352 e. The van der Waals surface area contributed by atoms with Crippen molar-refractivity contribution >= 4 is 33.5 Å². The molecule has 1 unspecified atom stereocenters. The van der Waals surface area contributed by atoms with Gasteiger partial charge in [-0.25, -0.2) is 9.18 Å². The van der Waals surface area contributed by atoms with E-state index < -0.39 is 17.9 Å². The van der Waals surface area contributed by atoms with Crippen LogP contribution in [0.1, 0.15) is 18.6 Å². The summed E-state index contributed by atoms with van der Waals surface area (Å²) in [5.41, 5.74) is 0.0682. The molecule has 0 aliphatic heterocycles. The summed E-state index contributed by atoms with van der Waals surface area (Å²) in [6, 6.07) is 11.0. The van der Waals surface area contributed by atoms with Gasteiger partial charge in [-0.1, -0.05) is 29.8 Å². The molecule has 0 N–H and O–H groups in total. The maximum absolute atomic E-state index is 14.1. The van der Waals surface area contributed by atoms with Gasteiger partial charge in [-0.3, -0.25) is 0 Å². The Bertz CT molecular complexity index is 678. The first-order chi connectivity index (χ1) is 10.5. The first kappa shape index (κ1) is 16.8. The van der Waals surface area contributed by atoms with Crippen LogP contribution in [0.5, 0.6) is 5.75 Å². The number of para-hydroxylation sites is 1. The van der Waals surface area contributed by atoms with E-state index in [0.29, 0.717) is 10.2 Å². The van der Waals surface area contributed by atoms with Gasteiger partial charge >= 0.3 is 5.97 Å². The Kier molecular flexibility index (Phi) is 5.80. The highest BCUT2D eigenvalue weighted by molar-refractivity contribution is 9.10. The van der Waals surface area contributed by atoms with Gasteiger partial charge in [-0.05, 0) is 47.1 Å². The molecule has 2 aromatic rings. The fourth-order valence-electron chi connectivity index (χ4n) is 1.84. The van der Waals surface area contributed by atoms with Crippen LogP contribution >= 0.6 is 27.5 Å². The number of hydrogen-bond acceptors (Lipinski definition) is 3. The minimum Gasteiger partial charge on any atom is -0.473 e. The molecular weight excluding hydrogens is 375 g/mol. The summed E-state index contributed by atoms with van der Waals surface area (Å²) in [5, 5.41) is 0.241. The van der Waals surface area contributed by atoms with E-state index in [9.17, 15) is 9.18 Å². The minimum absolute atomic E-state index is 0.0682. The largest absolute Gasteiger partial charge is 0.473 e. The molecule has 0 heterocycles. The Balaban J connectivity index is 2.38. The van der Waals surface area contributed by atoms with Gasteiger partial charge in [0, 0.05) is 10.6 Å². The predicted molar refractivity (Wildman–Crippen MR) is 85.6 cm³/mol. The fraction of sp³-hybridized carbons (Fsp3) is 0.188. The van der Waals surface area contributed by atoms with Gasteiger partial charge in [0.25, 0.3) is 0 Å².